The Hall–Kier alpha value is -3.43. The third kappa shape index (κ3) is 3.46. The lowest BCUT2D eigenvalue weighted by molar-refractivity contribution is -0.384. The molecule has 0 saturated carbocycles. The minimum atomic E-state index is -0.512. The van der Waals surface area contributed by atoms with Crippen LogP contribution in [0.2, 0.25) is 5.02 Å². The minimum Gasteiger partial charge on any atom is -0.383 e. The molecule has 0 saturated heterocycles. The molecule has 6 nitrogen and oxygen atoms in total. The SMILES string of the molecule is Cc1ccc(C)c(-c2cc(-c3cc([N+](=O)[O-])ccc3Cl)c(C#N)c(N)n2)c1. The zero-order valence-corrected chi connectivity index (χ0v) is 15.4. The molecule has 0 spiro atoms. The van der Waals surface area contributed by atoms with Gasteiger partial charge in [0, 0.05) is 33.8 Å². The Morgan fingerprint density at radius 2 is 1.85 bits per heavy atom. The summed E-state index contributed by atoms with van der Waals surface area (Å²) < 4.78 is 0. The number of hydrogen-bond donors (Lipinski definition) is 1. The number of pyridine rings is 1. The van der Waals surface area contributed by atoms with Crippen LogP contribution in [0.3, 0.4) is 0 Å². The molecule has 0 aliphatic carbocycles. The predicted octanol–water partition coefficient (Wildman–Crippen LogP) is 5.05. The molecule has 0 amide bonds. The maximum atomic E-state index is 11.1. The van der Waals surface area contributed by atoms with E-state index in [1.54, 1.807) is 6.07 Å². The molecule has 3 aromatic rings. The van der Waals surface area contributed by atoms with E-state index in [1.165, 1.54) is 18.2 Å². The first-order valence-corrected chi connectivity index (χ1v) is 8.42. The van der Waals surface area contributed by atoms with Crippen LogP contribution >= 0.6 is 11.6 Å². The van der Waals surface area contributed by atoms with E-state index in [0.717, 1.165) is 16.7 Å². The maximum Gasteiger partial charge on any atom is 0.270 e. The van der Waals surface area contributed by atoms with Crippen molar-refractivity contribution in [2.75, 3.05) is 5.73 Å². The van der Waals surface area contributed by atoms with E-state index >= 15 is 0 Å². The quantitative estimate of drug-likeness (QED) is 0.507. The van der Waals surface area contributed by atoms with Crippen molar-refractivity contribution >= 4 is 23.1 Å². The molecule has 0 aliphatic rings. The molecule has 1 heterocycles. The summed E-state index contributed by atoms with van der Waals surface area (Å²) in [5, 5.41) is 21.0. The molecule has 2 aromatic carbocycles. The van der Waals surface area contributed by atoms with Gasteiger partial charge in [-0.2, -0.15) is 5.26 Å². The number of aryl methyl sites for hydroxylation is 2. The number of non-ortho nitro benzene ring substituents is 1. The maximum absolute atomic E-state index is 11.1. The van der Waals surface area contributed by atoms with Crippen LogP contribution in [0.4, 0.5) is 11.5 Å². The number of benzene rings is 2. The van der Waals surface area contributed by atoms with Crippen molar-refractivity contribution in [1.82, 2.24) is 4.98 Å². The number of nitrogens with zero attached hydrogens (tertiary/aromatic N) is 3. The first-order chi connectivity index (χ1) is 12.8. The first kappa shape index (κ1) is 18.4. The Bertz CT molecular complexity index is 1120. The lowest BCUT2D eigenvalue weighted by Gasteiger charge is -2.13. The fraction of sp³-hybridized carbons (Fsp3) is 0.100. The molecule has 0 bridgehead atoms. The van der Waals surface area contributed by atoms with Gasteiger partial charge in [0.05, 0.1) is 10.6 Å². The standard InChI is InChI=1S/C20H15ClN4O2/c1-11-3-4-12(2)14(7-11)19-9-15(17(10-22)20(23)24-19)16-8-13(25(26)27)5-6-18(16)21/h3-9H,1-2H3,(H2,23,24). The van der Waals surface area contributed by atoms with Crippen LogP contribution in [-0.2, 0) is 0 Å². The Kier molecular flexibility index (Phi) is 4.80. The summed E-state index contributed by atoms with van der Waals surface area (Å²) >= 11 is 6.28. The molecule has 1 aromatic heterocycles. The van der Waals surface area contributed by atoms with Crippen LogP contribution in [0.5, 0.6) is 0 Å². The Balaban J connectivity index is 2.32. The number of nitro groups is 1. The third-order valence-corrected chi connectivity index (χ3v) is 4.61. The Morgan fingerprint density at radius 3 is 2.52 bits per heavy atom. The molecule has 0 radical (unpaired) electrons. The second kappa shape index (κ2) is 7.06. The summed E-state index contributed by atoms with van der Waals surface area (Å²) in [6.07, 6.45) is 0. The van der Waals surface area contributed by atoms with E-state index in [4.69, 9.17) is 17.3 Å². The van der Waals surface area contributed by atoms with Gasteiger partial charge in [-0.3, -0.25) is 10.1 Å². The average Bonchev–Trinajstić information content (AvgIpc) is 2.63. The fourth-order valence-corrected chi connectivity index (χ4v) is 3.10. The predicted molar refractivity (Wildman–Crippen MR) is 105 cm³/mol. The smallest absolute Gasteiger partial charge is 0.270 e. The average molecular weight is 379 g/mol. The molecule has 3 rings (SSSR count). The van der Waals surface area contributed by atoms with Crippen molar-refractivity contribution in [2.45, 2.75) is 13.8 Å². The van der Waals surface area contributed by atoms with Crippen molar-refractivity contribution < 1.29 is 4.92 Å². The van der Waals surface area contributed by atoms with Crippen molar-refractivity contribution in [3.05, 3.63) is 74.3 Å². The van der Waals surface area contributed by atoms with Gasteiger partial charge in [-0.1, -0.05) is 29.3 Å². The number of nitro benzene ring substituents is 1. The van der Waals surface area contributed by atoms with Gasteiger partial charge in [-0.15, -0.1) is 0 Å². The van der Waals surface area contributed by atoms with Gasteiger partial charge in [0.1, 0.15) is 17.5 Å². The van der Waals surface area contributed by atoms with E-state index in [9.17, 15) is 15.4 Å². The third-order valence-electron chi connectivity index (χ3n) is 4.28. The highest BCUT2D eigenvalue weighted by atomic mass is 35.5. The summed E-state index contributed by atoms with van der Waals surface area (Å²) in [7, 11) is 0. The van der Waals surface area contributed by atoms with E-state index in [-0.39, 0.29) is 22.1 Å². The zero-order chi connectivity index (χ0) is 19.7. The number of nitriles is 1. The molecule has 27 heavy (non-hydrogen) atoms. The zero-order valence-electron chi connectivity index (χ0n) is 14.7. The normalized spacial score (nSPS) is 10.4. The number of halogens is 1. The van der Waals surface area contributed by atoms with E-state index in [1.807, 2.05) is 38.1 Å². The minimum absolute atomic E-state index is 0.0495. The fourth-order valence-electron chi connectivity index (χ4n) is 2.88. The molecule has 0 fully saturated rings. The summed E-state index contributed by atoms with van der Waals surface area (Å²) in [6, 6.07) is 13.7. The van der Waals surface area contributed by atoms with Gasteiger partial charge in [0.25, 0.3) is 5.69 Å². The number of anilines is 1. The van der Waals surface area contributed by atoms with Gasteiger partial charge < -0.3 is 5.73 Å². The summed E-state index contributed by atoms with van der Waals surface area (Å²) in [5.41, 5.74) is 10.3. The van der Waals surface area contributed by atoms with Crippen LogP contribution in [-0.4, -0.2) is 9.91 Å². The molecule has 0 atom stereocenters. The second-order valence-corrected chi connectivity index (χ2v) is 6.57. The van der Waals surface area contributed by atoms with Crippen LogP contribution in [0.1, 0.15) is 16.7 Å². The van der Waals surface area contributed by atoms with Gasteiger partial charge >= 0.3 is 0 Å². The van der Waals surface area contributed by atoms with Gasteiger partial charge in [-0.25, -0.2) is 4.98 Å². The van der Waals surface area contributed by atoms with Crippen molar-refractivity contribution in [3.63, 3.8) is 0 Å². The molecular formula is C20H15ClN4O2. The molecule has 2 N–H and O–H groups in total. The number of hydrogen-bond acceptors (Lipinski definition) is 5. The number of nitrogens with two attached hydrogens (primary N) is 1. The van der Waals surface area contributed by atoms with Gasteiger partial charge in [0.15, 0.2) is 0 Å². The lowest BCUT2D eigenvalue weighted by atomic mass is 9.96. The summed E-state index contributed by atoms with van der Waals surface area (Å²) in [4.78, 5) is 15.0. The van der Waals surface area contributed by atoms with E-state index in [0.29, 0.717) is 16.8 Å². The highest BCUT2D eigenvalue weighted by molar-refractivity contribution is 6.33. The topological polar surface area (TPSA) is 106 Å². The summed E-state index contributed by atoms with van der Waals surface area (Å²) in [5.74, 6) is 0.0495. The van der Waals surface area contributed by atoms with Crippen molar-refractivity contribution in [3.8, 4) is 28.5 Å². The van der Waals surface area contributed by atoms with Crippen molar-refractivity contribution in [1.29, 1.82) is 5.26 Å². The number of aromatic nitrogens is 1. The molecular weight excluding hydrogens is 364 g/mol. The van der Waals surface area contributed by atoms with E-state index < -0.39 is 4.92 Å². The van der Waals surface area contributed by atoms with Crippen molar-refractivity contribution in [2.24, 2.45) is 0 Å². The number of nitrogen functional groups attached to an aromatic ring is 1. The Morgan fingerprint density at radius 1 is 1.11 bits per heavy atom. The van der Waals surface area contributed by atoms with Gasteiger partial charge in [0.2, 0.25) is 0 Å². The monoisotopic (exact) mass is 378 g/mol. The molecule has 7 heteroatoms. The largest absolute Gasteiger partial charge is 0.383 e. The van der Waals surface area contributed by atoms with Crippen LogP contribution in [0.15, 0.2) is 42.5 Å². The Labute approximate surface area is 161 Å². The number of rotatable bonds is 3. The van der Waals surface area contributed by atoms with Gasteiger partial charge in [-0.05, 0) is 37.6 Å². The van der Waals surface area contributed by atoms with E-state index in [2.05, 4.69) is 4.98 Å². The highest BCUT2D eigenvalue weighted by Crippen LogP contribution is 2.37. The van der Waals surface area contributed by atoms with Crippen LogP contribution in [0.25, 0.3) is 22.4 Å². The first-order valence-electron chi connectivity index (χ1n) is 8.04. The van der Waals surface area contributed by atoms with Crippen LogP contribution in [0, 0.1) is 35.3 Å². The molecule has 0 unspecified atom stereocenters. The lowest BCUT2D eigenvalue weighted by Crippen LogP contribution is -2.01. The summed E-state index contributed by atoms with van der Waals surface area (Å²) in [6.45, 7) is 3.92. The molecule has 0 aliphatic heterocycles. The molecule has 134 valence electrons. The highest BCUT2D eigenvalue weighted by Gasteiger charge is 2.19. The second-order valence-electron chi connectivity index (χ2n) is 6.17. The van der Waals surface area contributed by atoms with Crippen LogP contribution < -0.4 is 5.73 Å².